The van der Waals surface area contributed by atoms with Gasteiger partial charge in [0.1, 0.15) is 0 Å². The first-order valence-electron chi connectivity index (χ1n) is 8.23. The van der Waals surface area contributed by atoms with E-state index in [2.05, 4.69) is 41.4 Å². The van der Waals surface area contributed by atoms with Crippen LogP contribution in [0, 0.1) is 0 Å². The lowest BCUT2D eigenvalue weighted by Gasteiger charge is -2.40. The molecule has 1 aromatic rings. The molecule has 3 rings (SSSR count). The van der Waals surface area contributed by atoms with E-state index in [0.717, 1.165) is 6.42 Å². The molecule has 1 aliphatic carbocycles. The topological polar surface area (TPSA) is 32.3 Å². The van der Waals surface area contributed by atoms with Crippen molar-refractivity contribution < 1.29 is 4.79 Å². The van der Waals surface area contributed by atoms with Crippen LogP contribution in [0.5, 0.6) is 0 Å². The van der Waals surface area contributed by atoms with Gasteiger partial charge in [-0.15, -0.1) is 0 Å². The van der Waals surface area contributed by atoms with Crippen LogP contribution < -0.4 is 5.32 Å². The van der Waals surface area contributed by atoms with Crippen molar-refractivity contribution in [2.45, 2.75) is 51.0 Å². The van der Waals surface area contributed by atoms with E-state index in [1.165, 1.54) is 50.0 Å². The minimum atomic E-state index is 0.0790. The number of rotatable bonds is 3. The second-order valence-electron chi connectivity index (χ2n) is 6.67. The highest BCUT2D eigenvalue weighted by Crippen LogP contribution is 2.50. The predicted molar refractivity (Wildman–Crippen MR) is 85.3 cm³/mol. The zero-order valence-corrected chi connectivity index (χ0v) is 13.2. The lowest BCUT2D eigenvalue weighted by atomic mass is 9.73. The maximum atomic E-state index is 11.5. The average Bonchev–Trinajstić information content (AvgIpc) is 2.76. The van der Waals surface area contributed by atoms with E-state index in [9.17, 15) is 4.79 Å². The smallest absolute Gasteiger partial charge is 0.217 e. The second-order valence-corrected chi connectivity index (χ2v) is 6.67. The van der Waals surface area contributed by atoms with Gasteiger partial charge in [0.25, 0.3) is 0 Å². The van der Waals surface area contributed by atoms with Crippen molar-refractivity contribution in [2.75, 3.05) is 19.6 Å². The van der Waals surface area contributed by atoms with Crippen molar-refractivity contribution in [1.29, 1.82) is 0 Å². The van der Waals surface area contributed by atoms with Gasteiger partial charge in [0.05, 0.1) is 6.04 Å². The summed E-state index contributed by atoms with van der Waals surface area (Å²) in [7, 11) is 0. The van der Waals surface area contributed by atoms with Crippen molar-refractivity contribution in [3.05, 3.63) is 35.4 Å². The molecule has 1 atom stereocenters. The fourth-order valence-electron chi connectivity index (χ4n) is 4.26. The van der Waals surface area contributed by atoms with Crippen LogP contribution in [0.3, 0.4) is 0 Å². The maximum Gasteiger partial charge on any atom is 0.217 e. The summed E-state index contributed by atoms with van der Waals surface area (Å²) in [5, 5.41) is 3.15. The van der Waals surface area contributed by atoms with E-state index in [0.29, 0.717) is 0 Å². The third-order valence-electron chi connectivity index (χ3n) is 5.23. The summed E-state index contributed by atoms with van der Waals surface area (Å²) in [6.07, 6.45) is 4.75. The zero-order chi connectivity index (χ0) is 14.9. The molecule has 1 aromatic carbocycles. The van der Waals surface area contributed by atoms with E-state index >= 15 is 0 Å². The number of hydrogen-bond acceptors (Lipinski definition) is 2. The largest absolute Gasteiger partial charge is 0.349 e. The lowest BCUT2D eigenvalue weighted by molar-refractivity contribution is -0.119. The number of hydrogen-bond donors (Lipinski definition) is 1. The number of nitrogens with zero attached hydrogens (tertiary/aromatic N) is 1. The third kappa shape index (κ3) is 2.71. The summed E-state index contributed by atoms with van der Waals surface area (Å²) < 4.78 is 0. The van der Waals surface area contributed by atoms with Crippen molar-refractivity contribution in [3.8, 4) is 0 Å². The van der Waals surface area contributed by atoms with Crippen LogP contribution in [-0.4, -0.2) is 30.4 Å². The predicted octanol–water partition coefficient (Wildman–Crippen LogP) is 3.01. The van der Waals surface area contributed by atoms with E-state index in [1.807, 2.05) is 0 Å². The molecule has 1 amide bonds. The standard InChI is InChI=1S/C18H26N2O/c1-3-10-20-11-8-18(9-12-20)13-17(19-14(2)21)15-6-4-5-7-16(15)18/h4-7,17H,3,8-13H2,1-2H3,(H,19,21). The van der Waals surface area contributed by atoms with Gasteiger partial charge in [-0.05, 0) is 56.4 Å². The Labute approximate surface area is 127 Å². The minimum Gasteiger partial charge on any atom is -0.349 e. The van der Waals surface area contributed by atoms with Crippen molar-refractivity contribution in [2.24, 2.45) is 0 Å². The number of likely N-dealkylation sites (tertiary alicyclic amines) is 1. The molecular formula is C18H26N2O. The Balaban J connectivity index is 1.83. The van der Waals surface area contributed by atoms with Gasteiger partial charge in [0.15, 0.2) is 0 Å². The highest BCUT2D eigenvalue weighted by Gasteiger charge is 2.45. The quantitative estimate of drug-likeness (QED) is 0.926. The van der Waals surface area contributed by atoms with Gasteiger partial charge in [-0.3, -0.25) is 4.79 Å². The molecular weight excluding hydrogens is 260 g/mol. The first-order valence-corrected chi connectivity index (χ1v) is 8.23. The summed E-state index contributed by atoms with van der Waals surface area (Å²) in [4.78, 5) is 14.1. The molecule has 0 aromatic heterocycles. The molecule has 1 unspecified atom stereocenters. The van der Waals surface area contributed by atoms with E-state index < -0.39 is 0 Å². The first kappa shape index (κ1) is 14.6. The van der Waals surface area contributed by atoms with E-state index in [1.54, 1.807) is 6.92 Å². The number of amides is 1. The molecule has 114 valence electrons. The number of nitrogens with one attached hydrogen (secondary N) is 1. The normalized spacial score (nSPS) is 24.0. The molecule has 3 heteroatoms. The Hall–Kier alpha value is -1.35. The minimum absolute atomic E-state index is 0.0790. The Kier molecular flexibility index (Phi) is 4.03. The van der Waals surface area contributed by atoms with Crippen LogP contribution in [0.4, 0.5) is 0 Å². The monoisotopic (exact) mass is 286 g/mol. The van der Waals surface area contributed by atoms with Gasteiger partial charge >= 0.3 is 0 Å². The van der Waals surface area contributed by atoms with Gasteiger partial charge < -0.3 is 10.2 Å². The van der Waals surface area contributed by atoms with Crippen LogP contribution in [0.2, 0.25) is 0 Å². The van der Waals surface area contributed by atoms with Crippen molar-refractivity contribution >= 4 is 5.91 Å². The molecule has 1 saturated heterocycles. The number of benzene rings is 1. The van der Waals surface area contributed by atoms with E-state index in [4.69, 9.17) is 0 Å². The number of carbonyl (C=O) groups is 1. The van der Waals surface area contributed by atoms with Crippen molar-refractivity contribution in [1.82, 2.24) is 10.2 Å². The molecule has 0 bridgehead atoms. The molecule has 2 aliphatic rings. The number of piperidine rings is 1. The molecule has 1 fully saturated rings. The molecule has 3 nitrogen and oxygen atoms in total. The van der Waals surface area contributed by atoms with Gasteiger partial charge in [0, 0.05) is 12.3 Å². The Morgan fingerprint density at radius 3 is 2.71 bits per heavy atom. The summed E-state index contributed by atoms with van der Waals surface area (Å²) in [5.41, 5.74) is 3.12. The highest BCUT2D eigenvalue weighted by molar-refractivity contribution is 5.73. The van der Waals surface area contributed by atoms with Gasteiger partial charge in [0.2, 0.25) is 5.91 Å². The molecule has 1 N–H and O–H groups in total. The van der Waals surface area contributed by atoms with Crippen LogP contribution in [-0.2, 0) is 10.2 Å². The Bertz CT molecular complexity index is 518. The molecule has 1 spiro atoms. The first-order chi connectivity index (χ1) is 10.1. The fraction of sp³-hybridized carbons (Fsp3) is 0.611. The molecule has 1 heterocycles. The number of carbonyl (C=O) groups excluding carboxylic acids is 1. The Morgan fingerprint density at radius 2 is 2.05 bits per heavy atom. The zero-order valence-electron chi connectivity index (χ0n) is 13.2. The van der Waals surface area contributed by atoms with Gasteiger partial charge in [-0.2, -0.15) is 0 Å². The summed E-state index contributed by atoms with van der Waals surface area (Å²) in [6, 6.07) is 8.93. The fourth-order valence-corrected chi connectivity index (χ4v) is 4.26. The average molecular weight is 286 g/mol. The second kappa shape index (κ2) is 5.80. The summed E-state index contributed by atoms with van der Waals surface area (Å²) in [6.45, 7) is 7.47. The van der Waals surface area contributed by atoms with Crippen molar-refractivity contribution in [3.63, 3.8) is 0 Å². The van der Waals surface area contributed by atoms with Gasteiger partial charge in [-0.1, -0.05) is 31.2 Å². The molecule has 0 saturated carbocycles. The lowest BCUT2D eigenvalue weighted by Crippen LogP contribution is -2.42. The van der Waals surface area contributed by atoms with Crippen LogP contribution in [0.25, 0.3) is 0 Å². The highest BCUT2D eigenvalue weighted by atomic mass is 16.1. The van der Waals surface area contributed by atoms with Crippen LogP contribution in [0.15, 0.2) is 24.3 Å². The van der Waals surface area contributed by atoms with E-state index in [-0.39, 0.29) is 17.4 Å². The van der Waals surface area contributed by atoms with Crippen LogP contribution in [0.1, 0.15) is 56.7 Å². The molecule has 21 heavy (non-hydrogen) atoms. The number of fused-ring (bicyclic) bond motifs is 2. The summed E-state index contributed by atoms with van der Waals surface area (Å²) >= 11 is 0. The van der Waals surface area contributed by atoms with Crippen LogP contribution >= 0.6 is 0 Å². The SMILES string of the molecule is CCCN1CCC2(CC1)CC(NC(C)=O)c1ccccc12. The molecule has 1 aliphatic heterocycles. The maximum absolute atomic E-state index is 11.5. The Morgan fingerprint density at radius 1 is 1.33 bits per heavy atom. The molecule has 0 radical (unpaired) electrons. The summed E-state index contributed by atoms with van der Waals surface area (Å²) in [5.74, 6) is 0.0790. The van der Waals surface area contributed by atoms with Gasteiger partial charge in [-0.25, -0.2) is 0 Å². The third-order valence-corrected chi connectivity index (χ3v) is 5.23.